The van der Waals surface area contributed by atoms with Gasteiger partial charge in [0.05, 0.1) is 6.04 Å². The van der Waals surface area contributed by atoms with Crippen molar-refractivity contribution in [2.24, 2.45) is 0 Å². The van der Waals surface area contributed by atoms with Crippen LogP contribution in [0.3, 0.4) is 0 Å². The Hall–Kier alpha value is -2.63. The fourth-order valence-corrected chi connectivity index (χ4v) is 3.36. The lowest BCUT2D eigenvalue weighted by Crippen LogP contribution is -2.34. The van der Waals surface area contributed by atoms with Gasteiger partial charge in [-0.2, -0.15) is 0 Å². The summed E-state index contributed by atoms with van der Waals surface area (Å²) in [5.74, 6) is 2.23. The first-order valence-electron chi connectivity index (χ1n) is 8.39. The number of amides is 1. The molecule has 0 bridgehead atoms. The third kappa shape index (κ3) is 2.68. The second-order valence-electron chi connectivity index (χ2n) is 6.27. The largest absolute Gasteiger partial charge is 0.464 e. The summed E-state index contributed by atoms with van der Waals surface area (Å²) in [5, 5.41) is 0. The highest BCUT2D eigenvalue weighted by Crippen LogP contribution is 2.32. The highest BCUT2D eigenvalue weighted by molar-refractivity contribution is 5.93. The molecule has 0 radical (unpaired) electrons. The molecule has 0 N–H and O–H groups in total. The van der Waals surface area contributed by atoms with Crippen LogP contribution in [-0.2, 0) is 0 Å². The third-order valence-corrected chi connectivity index (χ3v) is 4.56. The van der Waals surface area contributed by atoms with Gasteiger partial charge in [-0.05, 0) is 38.0 Å². The average Bonchev–Trinajstić information content (AvgIpc) is 3.13. The second kappa shape index (κ2) is 6.11. The predicted molar refractivity (Wildman–Crippen MR) is 88.7 cm³/mol. The Kier molecular flexibility index (Phi) is 3.80. The first-order chi connectivity index (χ1) is 11.7. The van der Waals surface area contributed by atoms with Crippen LogP contribution in [0, 0.1) is 6.92 Å². The molecule has 3 aromatic heterocycles. The molecule has 1 amide bonds. The van der Waals surface area contributed by atoms with Crippen LogP contribution in [-0.4, -0.2) is 31.7 Å². The SMILES string of the molecule is Cc1ccc([C@@H]2CCCCCN2C(=O)c2cn3cccnc3n2)o1. The minimum atomic E-state index is -0.0542. The van der Waals surface area contributed by atoms with Gasteiger partial charge in [-0.15, -0.1) is 0 Å². The topological polar surface area (TPSA) is 63.6 Å². The van der Waals surface area contributed by atoms with Gasteiger partial charge >= 0.3 is 0 Å². The first kappa shape index (κ1) is 14.9. The quantitative estimate of drug-likeness (QED) is 0.725. The van der Waals surface area contributed by atoms with E-state index >= 15 is 0 Å². The predicted octanol–water partition coefficient (Wildman–Crippen LogP) is 3.39. The van der Waals surface area contributed by atoms with Crippen LogP contribution in [0.2, 0.25) is 0 Å². The number of imidazole rings is 1. The molecule has 0 saturated carbocycles. The Balaban J connectivity index is 1.68. The van der Waals surface area contributed by atoms with E-state index in [0.29, 0.717) is 11.5 Å². The fourth-order valence-electron chi connectivity index (χ4n) is 3.36. The zero-order valence-corrected chi connectivity index (χ0v) is 13.7. The van der Waals surface area contributed by atoms with Crippen molar-refractivity contribution < 1.29 is 9.21 Å². The van der Waals surface area contributed by atoms with Crippen LogP contribution < -0.4 is 0 Å². The van der Waals surface area contributed by atoms with E-state index in [9.17, 15) is 4.79 Å². The van der Waals surface area contributed by atoms with Gasteiger partial charge < -0.3 is 9.32 Å². The zero-order chi connectivity index (χ0) is 16.5. The van der Waals surface area contributed by atoms with E-state index in [1.165, 1.54) is 0 Å². The number of fused-ring (bicyclic) bond motifs is 1. The van der Waals surface area contributed by atoms with Gasteiger partial charge in [0.25, 0.3) is 5.91 Å². The molecule has 1 aliphatic rings. The number of furan rings is 1. The molecule has 1 fully saturated rings. The van der Waals surface area contributed by atoms with Crippen molar-refractivity contribution in [1.82, 2.24) is 19.3 Å². The normalized spacial score (nSPS) is 18.7. The van der Waals surface area contributed by atoms with Gasteiger partial charge in [0.15, 0.2) is 0 Å². The molecular formula is C18H20N4O2. The number of hydrogen-bond acceptors (Lipinski definition) is 4. The molecule has 0 aliphatic carbocycles. The van der Waals surface area contributed by atoms with Crippen molar-refractivity contribution in [3.05, 3.63) is 54.0 Å². The summed E-state index contributed by atoms with van der Waals surface area (Å²) in [6, 6.07) is 5.74. The third-order valence-electron chi connectivity index (χ3n) is 4.56. The molecule has 24 heavy (non-hydrogen) atoms. The number of nitrogens with zero attached hydrogens (tertiary/aromatic N) is 4. The maximum Gasteiger partial charge on any atom is 0.274 e. The van der Waals surface area contributed by atoms with Crippen LogP contribution in [0.1, 0.15) is 53.7 Å². The van der Waals surface area contributed by atoms with Gasteiger partial charge in [0.1, 0.15) is 17.2 Å². The van der Waals surface area contributed by atoms with E-state index in [4.69, 9.17) is 4.42 Å². The highest BCUT2D eigenvalue weighted by Gasteiger charge is 2.30. The van der Waals surface area contributed by atoms with Gasteiger partial charge in [-0.25, -0.2) is 9.97 Å². The van der Waals surface area contributed by atoms with Crippen molar-refractivity contribution >= 4 is 11.7 Å². The standard InChI is InChI=1S/C18H20N4O2/c1-13-7-8-16(24-13)15-6-3-2-4-11-22(15)17(23)14-12-21-10-5-9-19-18(21)20-14/h5,7-10,12,15H,2-4,6,11H2,1H3/t15-/m0/s1. The lowest BCUT2D eigenvalue weighted by Gasteiger charge is -2.28. The van der Waals surface area contributed by atoms with Crippen molar-refractivity contribution in [3.63, 3.8) is 0 Å². The maximum absolute atomic E-state index is 13.1. The van der Waals surface area contributed by atoms with Gasteiger partial charge in [0.2, 0.25) is 5.78 Å². The average molecular weight is 324 g/mol. The molecule has 4 rings (SSSR count). The molecule has 6 heteroatoms. The van der Waals surface area contributed by atoms with E-state index < -0.39 is 0 Å². The zero-order valence-electron chi connectivity index (χ0n) is 13.7. The van der Waals surface area contributed by atoms with Crippen molar-refractivity contribution in [2.45, 2.75) is 38.6 Å². The second-order valence-corrected chi connectivity index (χ2v) is 6.27. The molecule has 0 unspecified atom stereocenters. The summed E-state index contributed by atoms with van der Waals surface area (Å²) < 4.78 is 7.60. The van der Waals surface area contributed by atoms with Crippen LogP contribution in [0.5, 0.6) is 0 Å². The summed E-state index contributed by atoms with van der Waals surface area (Å²) in [6.45, 7) is 2.66. The van der Waals surface area contributed by atoms with Crippen LogP contribution in [0.4, 0.5) is 0 Å². The molecule has 1 saturated heterocycles. The van der Waals surface area contributed by atoms with E-state index in [1.807, 2.05) is 36.2 Å². The molecule has 0 spiro atoms. The fraction of sp³-hybridized carbons (Fsp3) is 0.389. The summed E-state index contributed by atoms with van der Waals surface area (Å²) in [5.41, 5.74) is 0.434. The molecule has 124 valence electrons. The lowest BCUT2D eigenvalue weighted by atomic mass is 10.1. The molecule has 1 aliphatic heterocycles. The van der Waals surface area contributed by atoms with Crippen LogP contribution in [0.15, 0.2) is 41.2 Å². The Bertz CT molecular complexity index is 834. The van der Waals surface area contributed by atoms with Crippen LogP contribution >= 0.6 is 0 Å². The van der Waals surface area contributed by atoms with Crippen molar-refractivity contribution in [1.29, 1.82) is 0 Å². The number of carbonyl (C=O) groups is 1. The highest BCUT2D eigenvalue weighted by atomic mass is 16.3. The summed E-state index contributed by atoms with van der Waals surface area (Å²) in [6.07, 6.45) is 9.43. The molecule has 4 heterocycles. The van der Waals surface area contributed by atoms with Gasteiger partial charge in [-0.1, -0.05) is 12.8 Å². The Morgan fingerprint density at radius 2 is 2.21 bits per heavy atom. The molecule has 1 atom stereocenters. The summed E-state index contributed by atoms with van der Waals surface area (Å²) >= 11 is 0. The number of rotatable bonds is 2. The van der Waals surface area contributed by atoms with Gasteiger partial charge in [0, 0.05) is 25.1 Å². The maximum atomic E-state index is 13.1. The van der Waals surface area contributed by atoms with Crippen LogP contribution in [0.25, 0.3) is 5.78 Å². The molecule has 3 aromatic rings. The minimum absolute atomic E-state index is 0.0218. The van der Waals surface area contributed by atoms with E-state index in [2.05, 4.69) is 9.97 Å². The number of aromatic nitrogens is 3. The number of hydrogen-bond donors (Lipinski definition) is 0. The molecule has 6 nitrogen and oxygen atoms in total. The number of carbonyl (C=O) groups excluding carboxylic acids is 1. The Morgan fingerprint density at radius 1 is 1.29 bits per heavy atom. The smallest absolute Gasteiger partial charge is 0.274 e. The van der Waals surface area contributed by atoms with E-state index in [0.717, 1.165) is 43.7 Å². The Labute approximate surface area is 140 Å². The molecule has 0 aromatic carbocycles. The van der Waals surface area contributed by atoms with Crippen molar-refractivity contribution in [3.8, 4) is 0 Å². The van der Waals surface area contributed by atoms with E-state index in [-0.39, 0.29) is 11.9 Å². The lowest BCUT2D eigenvalue weighted by molar-refractivity contribution is 0.0652. The summed E-state index contributed by atoms with van der Waals surface area (Å²) in [4.78, 5) is 23.6. The minimum Gasteiger partial charge on any atom is -0.464 e. The van der Waals surface area contributed by atoms with Crippen molar-refractivity contribution in [2.75, 3.05) is 6.54 Å². The Morgan fingerprint density at radius 3 is 3.00 bits per heavy atom. The monoisotopic (exact) mass is 324 g/mol. The first-order valence-corrected chi connectivity index (χ1v) is 8.39. The number of aryl methyl sites for hydroxylation is 1. The van der Waals surface area contributed by atoms with Gasteiger partial charge in [-0.3, -0.25) is 9.20 Å². The number of likely N-dealkylation sites (tertiary alicyclic amines) is 1. The van der Waals surface area contributed by atoms with E-state index in [1.54, 1.807) is 16.8 Å². The molecular weight excluding hydrogens is 304 g/mol. The summed E-state index contributed by atoms with van der Waals surface area (Å²) in [7, 11) is 0.